The van der Waals surface area contributed by atoms with Gasteiger partial charge in [-0.1, -0.05) is 36.4 Å². The molecule has 28 heavy (non-hydrogen) atoms. The lowest BCUT2D eigenvalue weighted by Crippen LogP contribution is -2.38. The molecule has 5 nitrogen and oxygen atoms in total. The third-order valence-corrected chi connectivity index (χ3v) is 5.05. The molecule has 0 radical (unpaired) electrons. The number of carbonyl (C=O) groups excluding carboxylic acids is 1. The molecule has 0 aromatic heterocycles. The second-order valence-electron chi connectivity index (χ2n) is 6.53. The van der Waals surface area contributed by atoms with Crippen molar-refractivity contribution in [2.75, 3.05) is 30.0 Å². The number of benzene rings is 2. The van der Waals surface area contributed by atoms with Crippen molar-refractivity contribution in [2.24, 2.45) is 4.99 Å². The number of aliphatic imine (C=N–C) groups is 1. The van der Waals surface area contributed by atoms with Gasteiger partial charge in [-0.3, -0.25) is 14.0 Å². The van der Waals surface area contributed by atoms with Crippen molar-refractivity contribution in [1.82, 2.24) is 0 Å². The summed E-state index contributed by atoms with van der Waals surface area (Å²) in [6.07, 6.45) is 4.32. The molecule has 0 bridgehead atoms. The van der Waals surface area contributed by atoms with Gasteiger partial charge in [0, 0.05) is 41.2 Å². The van der Waals surface area contributed by atoms with Crippen LogP contribution in [0.25, 0.3) is 12.3 Å². The fourth-order valence-electron chi connectivity index (χ4n) is 2.75. The summed E-state index contributed by atoms with van der Waals surface area (Å²) in [5, 5.41) is 12.0. The van der Waals surface area contributed by atoms with E-state index >= 15 is 0 Å². The molecule has 148 valence electrons. The fourth-order valence-corrected chi connectivity index (χ4v) is 3.23. The van der Waals surface area contributed by atoms with Crippen LogP contribution < -0.4 is 15.3 Å². The molecule has 2 rings (SSSR count). The van der Waals surface area contributed by atoms with Gasteiger partial charge in [-0.05, 0) is 47.9 Å². The Hall–Kier alpha value is -2.57. The van der Waals surface area contributed by atoms with Crippen LogP contribution in [0, 0.1) is 0 Å². The van der Waals surface area contributed by atoms with E-state index in [1.807, 2.05) is 59.5 Å². The standard InChI is InChI=1S/C22H26N2O3S/c1-17(25)22(26)16-24(11-12-28(3)27)21-10-6-7-18(14-21)13-19-8-4-5-9-20(19)15-23-2/h4-10,13-15,22,26H,2,11-12,16H2,1,3H3/b19-13+,20-15-. The Bertz CT molecular complexity index is 972. The van der Waals surface area contributed by atoms with E-state index in [2.05, 4.69) is 11.7 Å². The van der Waals surface area contributed by atoms with Crippen LogP contribution in [0.1, 0.15) is 12.5 Å². The minimum Gasteiger partial charge on any atom is -0.383 e. The molecule has 6 heteroatoms. The van der Waals surface area contributed by atoms with Gasteiger partial charge >= 0.3 is 0 Å². The molecular weight excluding hydrogens is 372 g/mol. The van der Waals surface area contributed by atoms with Gasteiger partial charge in [0.05, 0.1) is 6.54 Å². The van der Waals surface area contributed by atoms with Crippen molar-refractivity contribution in [3.8, 4) is 0 Å². The Morgan fingerprint density at radius 1 is 1.25 bits per heavy atom. The highest BCUT2D eigenvalue weighted by molar-refractivity contribution is 7.84. The van der Waals surface area contributed by atoms with E-state index in [4.69, 9.17) is 0 Å². The summed E-state index contributed by atoms with van der Waals surface area (Å²) < 4.78 is 11.5. The summed E-state index contributed by atoms with van der Waals surface area (Å²) in [5.74, 6) is 0.174. The van der Waals surface area contributed by atoms with Crippen molar-refractivity contribution in [3.63, 3.8) is 0 Å². The van der Waals surface area contributed by atoms with Crippen LogP contribution in [0.5, 0.6) is 0 Å². The van der Waals surface area contributed by atoms with Crippen LogP contribution in [0.4, 0.5) is 5.69 Å². The van der Waals surface area contributed by atoms with Gasteiger partial charge in [-0.2, -0.15) is 0 Å². The number of Topliss-reactive ketones (excluding diaryl/α,β-unsaturated/α-hetero) is 1. The molecule has 1 N–H and O–H groups in total. The van der Waals surface area contributed by atoms with Crippen molar-refractivity contribution in [3.05, 3.63) is 64.5 Å². The number of carbonyl (C=O) groups is 1. The van der Waals surface area contributed by atoms with Crippen LogP contribution in [0.15, 0.2) is 53.5 Å². The smallest absolute Gasteiger partial charge is 0.160 e. The zero-order valence-electron chi connectivity index (χ0n) is 16.2. The van der Waals surface area contributed by atoms with Gasteiger partial charge < -0.3 is 10.0 Å². The van der Waals surface area contributed by atoms with E-state index in [9.17, 15) is 14.1 Å². The second-order valence-corrected chi connectivity index (χ2v) is 8.08. The number of ketones is 1. The van der Waals surface area contributed by atoms with E-state index in [-0.39, 0.29) is 12.3 Å². The molecule has 0 saturated heterocycles. The zero-order chi connectivity index (χ0) is 20.5. The van der Waals surface area contributed by atoms with Crippen LogP contribution in [-0.2, 0) is 15.6 Å². The summed E-state index contributed by atoms with van der Waals surface area (Å²) in [6, 6.07) is 15.7. The van der Waals surface area contributed by atoms with Crippen molar-refractivity contribution >= 4 is 41.3 Å². The van der Waals surface area contributed by atoms with Gasteiger partial charge in [0.2, 0.25) is 0 Å². The Morgan fingerprint density at radius 3 is 2.61 bits per heavy atom. The Labute approximate surface area is 168 Å². The Balaban J connectivity index is 2.41. The van der Waals surface area contributed by atoms with Gasteiger partial charge in [0.1, 0.15) is 6.10 Å². The van der Waals surface area contributed by atoms with Crippen molar-refractivity contribution in [2.45, 2.75) is 13.0 Å². The average Bonchev–Trinajstić information content (AvgIpc) is 2.66. The fraction of sp³-hybridized carbons (Fsp3) is 0.273. The molecule has 2 unspecified atom stereocenters. The highest BCUT2D eigenvalue weighted by Gasteiger charge is 2.16. The minimum absolute atomic E-state index is 0.167. The Kier molecular flexibility index (Phi) is 8.29. The maximum Gasteiger partial charge on any atom is 0.160 e. The average molecular weight is 399 g/mol. The van der Waals surface area contributed by atoms with Crippen LogP contribution in [-0.4, -0.2) is 53.0 Å². The van der Waals surface area contributed by atoms with Crippen molar-refractivity contribution < 1.29 is 14.1 Å². The third kappa shape index (κ3) is 6.55. The maximum absolute atomic E-state index is 11.5. The monoisotopic (exact) mass is 398 g/mol. The first-order valence-electron chi connectivity index (χ1n) is 8.97. The highest BCUT2D eigenvalue weighted by atomic mass is 32.2. The number of hydrogen-bond acceptors (Lipinski definition) is 5. The lowest BCUT2D eigenvalue weighted by atomic mass is 10.1. The van der Waals surface area contributed by atoms with E-state index in [0.717, 1.165) is 21.7 Å². The van der Waals surface area contributed by atoms with E-state index in [0.29, 0.717) is 12.3 Å². The van der Waals surface area contributed by atoms with E-state index < -0.39 is 16.9 Å². The lowest BCUT2D eigenvalue weighted by molar-refractivity contribution is -0.124. The summed E-state index contributed by atoms with van der Waals surface area (Å²) in [4.78, 5) is 17.2. The molecule has 0 amide bonds. The first-order chi connectivity index (χ1) is 13.4. The third-order valence-electron chi connectivity index (χ3n) is 4.30. The molecule has 0 aliphatic carbocycles. The molecule has 0 saturated carbocycles. The second kappa shape index (κ2) is 10.7. The number of nitrogens with zero attached hydrogens (tertiary/aromatic N) is 2. The number of hydrogen-bond donors (Lipinski definition) is 1. The lowest BCUT2D eigenvalue weighted by Gasteiger charge is -2.26. The molecule has 0 aliphatic rings. The number of aliphatic hydroxyl groups is 1. The molecule has 0 aliphatic heterocycles. The van der Waals surface area contributed by atoms with E-state index in [1.165, 1.54) is 6.92 Å². The van der Waals surface area contributed by atoms with Crippen LogP contribution in [0.2, 0.25) is 0 Å². The highest BCUT2D eigenvalue weighted by Crippen LogP contribution is 2.17. The molecule has 0 fully saturated rings. The number of anilines is 1. The molecule has 2 atom stereocenters. The Morgan fingerprint density at radius 2 is 1.96 bits per heavy atom. The quantitative estimate of drug-likeness (QED) is 0.642. The van der Waals surface area contributed by atoms with Gasteiger partial charge in [-0.25, -0.2) is 0 Å². The minimum atomic E-state index is -1.08. The number of rotatable bonds is 9. The van der Waals surface area contributed by atoms with E-state index in [1.54, 1.807) is 12.5 Å². The summed E-state index contributed by atoms with van der Waals surface area (Å²) in [7, 11) is -0.964. The van der Waals surface area contributed by atoms with Crippen LogP contribution >= 0.6 is 0 Å². The predicted octanol–water partition coefficient (Wildman–Crippen LogP) is 1.09. The van der Waals surface area contributed by atoms with Gasteiger partial charge in [0.15, 0.2) is 5.78 Å². The summed E-state index contributed by atoms with van der Waals surface area (Å²) in [5.41, 5.74) is 1.84. The SMILES string of the molecule is C=N/C=c1/cccc/c1=C\c1cccc(N(CCS(C)=O)CC(O)C(C)=O)c1. The molecule has 0 spiro atoms. The number of aliphatic hydroxyl groups excluding tert-OH is 1. The summed E-state index contributed by atoms with van der Waals surface area (Å²) >= 11 is 0. The van der Waals surface area contributed by atoms with Crippen LogP contribution in [0.3, 0.4) is 0 Å². The molecular formula is C22H26N2O3S. The zero-order valence-corrected chi connectivity index (χ0v) is 17.1. The molecule has 2 aromatic rings. The first kappa shape index (κ1) is 21.7. The maximum atomic E-state index is 11.5. The predicted molar refractivity (Wildman–Crippen MR) is 118 cm³/mol. The van der Waals surface area contributed by atoms with Crippen molar-refractivity contribution in [1.29, 1.82) is 0 Å². The topological polar surface area (TPSA) is 70.0 Å². The molecule has 0 heterocycles. The first-order valence-corrected chi connectivity index (χ1v) is 10.7. The van der Waals surface area contributed by atoms with Gasteiger partial charge in [0.25, 0.3) is 0 Å². The molecule has 2 aromatic carbocycles. The summed E-state index contributed by atoms with van der Waals surface area (Å²) in [6.45, 7) is 5.54. The van der Waals surface area contributed by atoms with Gasteiger partial charge in [-0.15, -0.1) is 0 Å². The normalized spacial score (nSPS) is 14.5. The largest absolute Gasteiger partial charge is 0.383 e.